The van der Waals surface area contributed by atoms with Crippen molar-refractivity contribution in [3.63, 3.8) is 0 Å². The summed E-state index contributed by atoms with van der Waals surface area (Å²) in [6, 6.07) is 2.46. The molecule has 4 aliphatic rings. The number of aromatic nitrogens is 2. The third-order valence-electron chi connectivity index (χ3n) is 6.46. The molecule has 2 heterocycles. The highest BCUT2D eigenvalue weighted by molar-refractivity contribution is 6.00. The quantitative estimate of drug-likeness (QED) is 0.590. The van der Waals surface area contributed by atoms with Crippen molar-refractivity contribution in [2.75, 3.05) is 12.4 Å². The molecule has 3 N–H and O–H groups in total. The summed E-state index contributed by atoms with van der Waals surface area (Å²) in [7, 11) is 1.55. The molecule has 0 spiro atoms. The molecule has 2 aromatic heterocycles. The van der Waals surface area contributed by atoms with E-state index in [9.17, 15) is 5.11 Å². The molecule has 2 aromatic rings. The predicted molar refractivity (Wildman–Crippen MR) is 96.6 cm³/mol. The maximum absolute atomic E-state index is 10.8. The van der Waals surface area contributed by atoms with Gasteiger partial charge >= 0.3 is 0 Å². The molecule has 0 radical (unpaired) electrons. The van der Waals surface area contributed by atoms with Crippen LogP contribution in [0.25, 0.3) is 11.0 Å². The average Bonchev–Trinajstić information content (AvgIpc) is 3.04. The van der Waals surface area contributed by atoms with Crippen LogP contribution in [0, 0.1) is 17.8 Å². The molecule has 2 atom stereocenters. The van der Waals surface area contributed by atoms with Crippen LogP contribution in [0.3, 0.4) is 0 Å². The van der Waals surface area contributed by atoms with Crippen molar-refractivity contribution < 1.29 is 9.94 Å². The van der Waals surface area contributed by atoms with Crippen LogP contribution in [0.15, 0.2) is 23.6 Å². The van der Waals surface area contributed by atoms with Crippen LogP contribution in [-0.4, -0.2) is 40.0 Å². The lowest BCUT2D eigenvalue weighted by Gasteiger charge is -2.58. The van der Waals surface area contributed by atoms with Crippen molar-refractivity contribution in [1.82, 2.24) is 9.97 Å². The van der Waals surface area contributed by atoms with Crippen LogP contribution in [-0.2, 0) is 4.84 Å². The van der Waals surface area contributed by atoms with Gasteiger partial charge in [0, 0.05) is 29.4 Å². The number of hydrogen-bond donors (Lipinski definition) is 3. The van der Waals surface area contributed by atoms with Gasteiger partial charge < -0.3 is 20.2 Å². The average molecular weight is 340 g/mol. The number of pyridine rings is 1. The van der Waals surface area contributed by atoms with E-state index in [0.717, 1.165) is 41.5 Å². The molecule has 2 unspecified atom stereocenters. The molecular weight excluding hydrogens is 316 g/mol. The maximum Gasteiger partial charge on any atom is 0.139 e. The van der Waals surface area contributed by atoms with Gasteiger partial charge in [0.05, 0.1) is 17.5 Å². The number of fused-ring (bicyclic) bond motifs is 1. The molecule has 132 valence electrons. The minimum absolute atomic E-state index is 0.406. The van der Waals surface area contributed by atoms with E-state index in [1.54, 1.807) is 13.3 Å². The van der Waals surface area contributed by atoms with E-state index in [4.69, 9.17) is 4.84 Å². The Labute approximate surface area is 146 Å². The van der Waals surface area contributed by atoms with Gasteiger partial charge in [-0.2, -0.15) is 0 Å². The molecule has 0 amide bonds. The van der Waals surface area contributed by atoms with Gasteiger partial charge in [-0.3, -0.25) is 0 Å². The van der Waals surface area contributed by atoms with Gasteiger partial charge in [-0.1, -0.05) is 5.16 Å². The Hall–Kier alpha value is -2.08. The van der Waals surface area contributed by atoms with Crippen LogP contribution in [0.2, 0.25) is 0 Å². The number of nitrogens with one attached hydrogen (secondary N) is 2. The van der Waals surface area contributed by atoms with Crippen LogP contribution < -0.4 is 5.32 Å². The Morgan fingerprint density at radius 3 is 2.88 bits per heavy atom. The lowest BCUT2D eigenvalue weighted by atomic mass is 9.52. The summed E-state index contributed by atoms with van der Waals surface area (Å²) < 4.78 is 0. The first-order valence-corrected chi connectivity index (χ1v) is 9.17. The van der Waals surface area contributed by atoms with Crippen molar-refractivity contribution in [3.8, 4) is 0 Å². The molecule has 0 aliphatic heterocycles. The second-order valence-corrected chi connectivity index (χ2v) is 8.11. The van der Waals surface area contributed by atoms with Gasteiger partial charge in [-0.15, -0.1) is 0 Å². The molecular formula is C19H24N4O2. The lowest BCUT2D eigenvalue weighted by Crippen LogP contribution is -2.59. The summed E-state index contributed by atoms with van der Waals surface area (Å²) in [5, 5.41) is 19.7. The zero-order valence-corrected chi connectivity index (χ0v) is 14.4. The first kappa shape index (κ1) is 15.2. The number of H-pyrrole nitrogens is 1. The number of oxime groups is 1. The third kappa shape index (κ3) is 2.42. The number of anilines is 1. The molecule has 4 aliphatic carbocycles. The van der Waals surface area contributed by atoms with Crippen molar-refractivity contribution >= 4 is 22.9 Å². The smallest absolute Gasteiger partial charge is 0.139 e. The number of hydrogen-bond acceptors (Lipinski definition) is 5. The number of nitrogens with zero attached hydrogens (tertiary/aromatic N) is 2. The van der Waals surface area contributed by atoms with Gasteiger partial charge in [0.25, 0.3) is 0 Å². The Bertz CT molecular complexity index is 814. The minimum Gasteiger partial charge on any atom is -0.399 e. The molecule has 6 rings (SSSR count). The zero-order chi connectivity index (χ0) is 17.0. The topological polar surface area (TPSA) is 82.5 Å². The van der Waals surface area contributed by atoms with E-state index < -0.39 is 5.60 Å². The summed E-state index contributed by atoms with van der Waals surface area (Å²) in [6.07, 6.45) is 10.8. The summed E-state index contributed by atoms with van der Waals surface area (Å²) >= 11 is 0. The molecule has 4 saturated carbocycles. The van der Waals surface area contributed by atoms with Gasteiger partial charge in [0.2, 0.25) is 0 Å². The second kappa shape index (κ2) is 5.46. The number of rotatable bonds is 4. The Morgan fingerprint density at radius 1 is 1.36 bits per heavy atom. The van der Waals surface area contributed by atoms with E-state index in [2.05, 4.69) is 26.5 Å². The van der Waals surface area contributed by atoms with E-state index in [-0.39, 0.29) is 0 Å². The summed E-state index contributed by atoms with van der Waals surface area (Å²) in [5.41, 5.74) is 2.47. The van der Waals surface area contributed by atoms with Crippen molar-refractivity contribution in [2.45, 2.75) is 43.7 Å². The summed E-state index contributed by atoms with van der Waals surface area (Å²) in [5.74, 6) is 1.80. The molecule has 4 fully saturated rings. The van der Waals surface area contributed by atoms with Gasteiger partial charge in [-0.05, 0) is 55.9 Å². The minimum atomic E-state index is -0.406. The number of aliphatic hydroxyl groups is 1. The highest BCUT2D eigenvalue weighted by Gasteiger charge is 2.54. The molecule has 6 heteroatoms. The largest absolute Gasteiger partial charge is 0.399 e. The fourth-order valence-electron chi connectivity index (χ4n) is 5.78. The van der Waals surface area contributed by atoms with E-state index in [0.29, 0.717) is 23.8 Å². The molecule has 0 aromatic carbocycles. The van der Waals surface area contributed by atoms with Gasteiger partial charge in [-0.25, -0.2) is 4.98 Å². The zero-order valence-electron chi connectivity index (χ0n) is 14.4. The monoisotopic (exact) mass is 340 g/mol. The Balaban J connectivity index is 1.51. The fraction of sp³-hybridized carbons (Fsp3) is 0.579. The van der Waals surface area contributed by atoms with Crippen molar-refractivity contribution in [1.29, 1.82) is 0 Å². The lowest BCUT2D eigenvalue weighted by molar-refractivity contribution is -0.129. The Kier molecular flexibility index (Phi) is 3.32. The van der Waals surface area contributed by atoms with Gasteiger partial charge in [0.15, 0.2) is 0 Å². The highest BCUT2D eigenvalue weighted by atomic mass is 16.6. The van der Waals surface area contributed by atoms with E-state index >= 15 is 0 Å². The highest BCUT2D eigenvalue weighted by Crippen LogP contribution is 2.56. The predicted octanol–water partition coefficient (Wildman–Crippen LogP) is 2.89. The maximum atomic E-state index is 10.8. The van der Waals surface area contributed by atoms with Crippen molar-refractivity contribution in [2.24, 2.45) is 22.9 Å². The fourth-order valence-corrected chi connectivity index (χ4v) is 5.78. The number of aromatic amines is 1. The summed E-state index contributed by atoms with van der Waals surface area (Å²) in [4.78, 5) is 12.5. The first-order chi connectivity index (χ1) is 12.1. The van der Waals surface area contributed by atoms with Crippen LogP contribution >= 0.6 is 0 Å². The molecule has 25 heavy (non-hydrogen) atoms. The normalized spacial score (nSPS) is 36.4. The standard InChI is InChI=1S/C19H24N4O2/c1-25-22-10-14-9-21-18-15(2-3-20-18)17(14)23-16-12-4-11-5-13(16)8-19(24,6-11)7-12/h2-3,9-13,16,24H,4-8H2,1H3,(H2,20,21,23)/b22-10-. The van der Waals surface area contributed by atoms with Crippen molar-refractivity contribution in [3.05, 3.63) is 24.0 Å². The van der Waals surface area contributed by atoms with Crippen LogP contribution in [0.5, 0.6) is 0 Å². The van der Waals surface area contributed by atoms with E-state index in [1.165, 1.54) is 12.8 Å². The van der Waals surface area contributed by atoms with Crippen LogP contribution in [0.4, 0.5) is 5.69 Å². The second-order valence-electron chi connectivity index (χ2n) is 8.11. The molecule has 0 saturated heterocycles. The molecule has 4 bridgehead atoms. The van der Waals surface area contributed by atoms with Gasteiger partial charge in [0.1, 0.15) is 12.8 Å². The van der Waals surface area contributed by atoms with Crippen LogP contribution in [0.1, 0.15) is 37.7 Å². The Morgan fingerprint density at radius 2 is 2.16 bits per heavy atom. The molecule has 6 nitrogen and oxygen atoms in total. The first-order valence-electron chi connectivity index (χ1n) is 9.17. The SMILES string of the molecule is CO/N=C\c1cnc2[nH]ccc2c1NC1C2CC3CC1CC(O)(C3)C2. The third-order valence-corrected chi connectivity index (χ3v) is 6.46. The summed E-state index contributed by atoms with van der Waals surface area (Å²) in [6.45, 7) is 0. The van der Waals surface area contributed by atoms with E-state index in [1.807, 2.05) is 12.4 Å².